The summed E-state index contributed by atoms with van der Waals surface area (Å²) >= 11 is 0. The first-order chi connectivity index (χ1) is 21.9. The number of carbonyl (C=O) groups excluding carboxylic acids is 2. The van der Waals surface area contributed by atoms with Crippen molar-refractivity contribution >= 4 is 27.5 Å². The largest absolute Gasteiger partial charge is 0.497 e. The van der Waals surface area contributed by atoms with Crippen LogP contribution in [0.1, 0.15) is 32.8 Å². The van der Waals surface area contributed by atoms with E-state index in [-0.39, 0.29) is 40.6 Å². The van der Waals surface area contributed by atoms with Gasteiger partial charge >= 0.3 is 0 Å². The fourth-order valence-electron chi connectivity index (χ4n) is 4.62. The molecular weight excluding hydrogens is 614 g/mol. The lowest BCUT2D eigenvalue weighted by Crippen LogP contribution is -2.52. The van der Waals surface area contributed by atoms with Crippen molar-refractivity contribution in [3.05, 3.63) is 66.2 Å². The van der Waals surface area contributed by atoms with Crippen LogP contribution in [0.4, 0.5) is 5.69 Å². The van der Waals surface area contributed by atoms with Gasteiger partial charge in [0.15, 0.2) is 11.5 Å². The summed E-state index contributed by atoms with van der Waals surface area (Å²) in [6.45, 7) is 4.74. The number of rotatable bonds is 16. The summed E-state index contributed by atoms with van der Waals surface area (Å²) in [4.78, 5) is 28.9. The summed E-state index contributed by atoms with van der Waals surface area (Å²) in [6.07, 6.45) is 0.690. The Morgan fingerprint density at radius 2 is 1.41 bits per heavy atom. The van der Waals surface area contributed by atoms with E-state index >= 15 is 0 Å². The molecule has 13 heteroatoms. The highest BCUT2D eigenvalue weighted by molar-refractivity contribution is 7.92. The van der Waals surface area contributed by atoms with Gasteiger partial charge < -0.3 is 33.9 Å². The molecule has 3 aromatic carbocycles. The highest BCUT2D eigenvalue weighted by Crippen LogP contribution is 2.38. The molecule has 0 aliphatic carbocycles. The Balaban J connectivity index is 2.17. The van der Waals surface area contributed by atoms with E-state index in [0.29, 0.717) is 29.2 Å². The molecule has 3 rings (SSSR count). The van der Waals surface area contributed by atoms with Gasteiger partial charge in [0.2, 0.25) is 11.8 Å². The normalized spacial score (nSPS) is 12.3. The van der Waals surface area contributed by atoms with Gasteiger partial charge in [-0.1, -0.05) is 19.1 Å². The maximum atomic E-state index is 14.4. The van der Waals surface area contributed by atoms with Crippen LogP contribution in [0.15, 0.2) is 65.6 Å². The van der Waals surface area contributed by atoms with E-state index in [1.54, 1.807) is 43.3 Å². The second-order valence-electron chi connectivity index (χ2n) is 10.4. The molecule has 250 valence electrons. The quantitative estimate of drug-likeness (QED) is 0.240. The molecule has 1 N–H and O–H groups in total. The summed E-state index contributed by atoms with van der Waals surface area (Å²) < 4.78 is 56.7. The number of nitrogens with one attached hydrogen (secondary N) is 1. The van der Waals surface area contributed by atoms with Crippen LogP contribution in [0, 0.1) is 0 Å². The highest BCUT2D eigenvalue weighted by atomic mass is 32.2. The van der Waals surface area contributed by atoms with Gasteiger partial charge in [-0.2, -0.15) is 0 Å². The smallest absolute Gasteiger partial charge is 0.265 e. The molecule has 2 amide bonds. The van der Waals surface area contributed by atoms with Gasteiger partial charge in [0.1, 0.15) is 29.8 Å². The molecule has 0 spiro atoms. The molecule has 3 aromatic rings. The minimum absolute atomic E-state index is 0.00458. The Kier molecular flexibility index (Phi) is 12.5. The van der Waals surface area contributed by atoms with Crippen molar-refractivity contribution in [3.8, 4) is 28.7 Å². The predicted octanol–water partition coefficient (Wildman–Crippen LogP) is 4.26. The number of ether oxygens (including phenoxy) is 5. The molecule has 0 fully saturated rings. The molecule has 0 saturated heterocycles. The molecule has 46 heavy (non-hydrogen) atoms. The van der Waals surface area contributed by atoms with Crippen LogP contribution in [0.3, 0.4) is 0 Å². The van der Waals surface area contributed by atoms with Crippen LogP contribution >= 0.6 is 0 Å². The van der Waals surface area contributed by atoms with E-state index in [1.807, 2.05) is 13.8 Å². The third-order valence-corrected chi connectivity index (χ3v) is 9.29. The molecule has 0 aliphatic rings. The van der Waals surface area contributed by atoms with Crippen molar-refractivity contribution < 1.29 is 41.7 Å². The first-order valence-corrected chi connectivity index (χ1v) is 16.1. The standard InChI is InChI=1S/C33H43N3O9S/c1-9-22(2)34-33(38)23(3)35(20-24-11-10-12-25(17-24)41-4)32(37)21-36(28-18-26(42-5)13-15-29(28)43-6)46(39,40)27-14-16-30(44-7)31(19-27)45-8/h10-19,22-23H,9,20-21H2,1-8H3,(H,34,38). The van der Waals surface area contributed by atoms with E-state index in [2.05, 4.69) is 5.32 Å². The Morgan fingerprint density at radius 1 is 0.783 bits per heavy atom. The Bertz CT molecular complexity index is 1610. The van der Waals surface area contributed by atoms with Crippen LogP contribution in [0.5, 0.6) is 28.7 Å². The fourth-order valence-corrected chi connectivity index (χ4v) is 6.06. The third kappa shape index (κ3) is 8.33. The Hall–Kier alpha value is -4.65. The number of amides is 2. The molecule has 0 aliphatic heterocycles. The fraction of sp³-hybridized carbons (Fsp3) is 0.394. The number of nitrogens with zero attached hydrogens (tertiary/aromatic N) is 2. The first kappa shape index (κ1) is 35.8. The predicted molar refractivity (Wildman–Crippen MR) is 175 cm³/mol. The first-order valence-electron chi connectivity index (χ1n) is 14.6. The maximum Gasteiger partial charge on any atom is 0.265 e. The summed E-state index contributed by atoms with van der Waals surface area (Å²) in [6, 6.07) is 14.8. The molecule has 2 atom stereocenters. The average Bonchev–Trinajstić information content (AvgIpc) is 3.08. The highest BCUT2D eigenvalue weighted by Gasteiger charge is 2.35. The Labute approximate surface area is 271 Å². The lowest BCUT2D eigenvalue weighted by atomic mass is 10.1. The molecule has 0 radical (unpaired) electrons. The van der Waals surface area contributed by atoms with Crippen molar-refractivity contribution in [2.75, 3.05) is 46.4 Å². The van der Waals surface area contributed by atoms with Crippen LogP contribution < -0.4 is 33.3 Å². The van der Waals surface area contributed by atoms with Crippen molar-refractivity contribution in [1.82, 2.24) is 10.2 Å². The lowest BCUT2D eigenvalue weighted by Gasteiger charge is -2.33. The van der Waals surface area contributed by atoms with Gasteiger partial charge in [0, 0.05) is 24.7 Å². The van der Waals surface area contributed by atoms with Crippen LogP contribution in [0.25, 0.3) is 0 Å². The van der Waals surface area contributed by atoms with Crippen LogP contribution in [-0.4, -0.2) is 79.3 Å². The number of sulfonamides is 1. The van der Waals surface area contributed by atoms with Gasteiger partial charge in [-0.25, -0.2) is 8.42 Å². The molecule has 0 aromatic heterocycles. The molecule has 0 saturated carbocycles. The van der Waals surface area contributed by atoms with Crippen molar-refractivity contribution in [2.45, 2.75) is 50.7 Å². The molecule has 0 bridgehead atoms. The minimum atomic E-state index is -4.46. The van der Waals surface area contributed by atoms with E-state index in [1.165, 1.54) is 64.7 Å². The minimum Gasteiger partial charge on any atom is -0.497 e. The molecule has 12 nitrogen and oxygen atoms in total. The van der Waals surface area contributed by atoms with Gasteiger partial charge in [-0.15, -0.1) is 0 Å². The van der Waals surface area contributed by atoms with E-state index in [4.69, 9.17) is 23.7 Å². The molecule has 0 heterocycles. The zero-order chi connectivity index (χ0) is 34.0. The summed E-state index contributed by atoms with van der Waals surface area (Å²) in [7, 11) is 2.74. The summed E-state index contributed by atoms with van der Waals surface area (Å²) in [5, 5.41) is 2.92. The molecule has 2 unspecified atom stereocenters. The summed E-state index contributed by atoms with van der Waals surface area (Å²) in [5.41, 5.74) is 0.743. The van der Waals surface area contributed by atoms with Gasteiger partial charge in [0.05, 0.1) is 46.1 Å². The SMILES string of the molecule is CCC(C)NC(=O)C(C)N(Cc1cccc(OC)c1)C(=O)CN(c1cc(OC)ccc1OC)S(=O)(=O)c1ccc(OC)c(OC)c1. The van der Waals surface area contributed by atoms with Gasteiger partial charge in [0.25, 0.3) is 10.0 Å². The maximum absolute atomic E-state index is 14.4. The second kappa shape index (κ2) is 16.1. The topological polar surface area (TPSA) is 133 Å². The van der Waals surface area contributed by atoms with E-state index < -0.39 is 28.5 Å². The van der Waals surface area contributed by atoms with Crippen molar-refractivity contribution in [1.29, 1.82) is 0 Å². The van der Waals surface area contributed by atoms with Crippen molar-refractivity contribution in [2.24, 2.45) is 0 Å². The zero-order valence-corrected chi connectivity index (χ0v) is 28.3. The average molecular weight is 658 g/mol. The Morgan fingerprint density at radius 3 is 2.02 bits per heavy atom. The van der Waals surface area contributed by atoms with Crippen molar-refractivity contribution in [3.63, 3.8) is 0 Å². The van der Waals surface area contributed by atoms with Crippen LogP contribution in [0.2, 0.25) is 0 Å². The number of hydrogen-bond donors (Lipinski definition) is 1. The third-order valence-electron chi connectivity index (χ3n) is 7.53. The number of benzene rings is 3. The number of methoxy groups -OCH3 is 5. The second-order valence-corrected chi connectivity index (χ2v) is 12.3. The van der Waals surface area contributed by atoms with E-state index in [9.17, 15) is 18.0 Å². The summed E-state index contributed by atoms with van der Waals surface area (Å²) in [5.74, 6) is 0.587. The molecular formula is C33H43N3O9S. The lowest BCUT2D eigenvalue weighted by molar-refractivity contribution is -0.139. The van der Waals surface area contributed by atoms with Crippen LogP contribution in [-0.2, 0) is 26.2 Å². The van der Waals surface area contributed by atoms with Gasteiger partial charge in [-0.3, -0.25) is 13.9 Å². The number of hydrogen-bond acceptors (Lipinski definition) is 9. The zero-order valence-electron chi connectivity index (χ0n) is 27.5. The van der Waals surface area contributed by atoms with E-state index in [0.717, 1.165) is 4.31 Å². The number of carbonyl (C=O) groups is 2. The van der Waals surface area contributed by atoms with Gasteiger partial charge in [-0.05, 0) is 62.2 Å². The monoisotopic (exact) mass is 657 g/mol. The number of anilines is 1.